The van der Waals surface area contributed by atoms with Crippen molar-refractivity contribution in [3.05, 3.63) is 59.9 Å². The van der Waals surface area contributed by atoms with Crippen molar-refractivity contribution in [2.45, 2.75) is 25.6 Å². The molecule has 0 aromatic heterocycles. The minimum atomic E-state index is -3.25. The number of urea groups is 1. The molecule has 0 radical (unpaired) electrons. The molecule has 4 rings (SSSR count). The van der Waals surface area contributed by atoms with Gasteiger partial charge in [0.25, 0.3) is 0 Å². The largest absolute Gasteiger partial charge is 0.494 e. The summed E-state index contributed by atoms with van der Waals surface area (Å²) in [5.74, 6) is 0.149. The van der Waals surface area contributed by atoms with Gasteiger partial charge in [0.2, 0.25) is 0 Å². The first-order chi connectivity index (χ1) is 13.4. The van der Waals surface area contributed by atoms with Crippen LogP contribution in [-0.4, -0.2) is 49.5 Å². The highest BCUT2D eigenvalue weighted by molar-refractivity contribution is 7.91. The smallest absolute Gasteiger partial charge is 0.325 e. The molecule has 0 spiro atoms. The maximum atomic E-state index is 13.6. The summed E-state index contributed by atoms with van der Waals surface area (Å²) in [4.78, 5) is 16.3. The molecule has 2 saturated heterocycles. The minimum absolute atomic E-state index is 0.0731. The molecule has 2 atom stereocenters. The van der Waals surface area contributed by atoms with Crippen LogP contribution in [0.3, 0.4) is 0 Å². The van der Waals surface area contributed by atoms with Gasteiger partial charge in [-0.25, -0.2) is 17.6 Å². The summed E-state index contributed by atoms with van der Waals surface area (Å²) in [6.45, 7) is 2.59. The van der Waals surface area contributed by atoms with Crippen molar-refractivity contribution in [1.29, 1.82) is 0 Å². The van der Waals surface area contributed by atoms with E-state index in [4.69, 9.17) is 4.74 Å². The molecule has 2 unspecified atom stereocenters. The molecule has 148 valence electrons. The third-order valence-electron chi connectivity index (χ3n) is 5.15. The number of amides is 2. The van der Waals surface area contributed by atoms with E-state index in [2.05, 4.69) is 0 Å². The molecule has 0 bridgehead atoms. The number of carbonyl (C=O) groups is 1. The normalized spacial score (nSPS) is 23.1. The van der Waals surface area contributed by atoms with E-state index in [1.54, 1.807) is 46.2 Å². The van der Waals surface area contributed by atoms with Crippen LogP contribution >= 0.6 is 0 Å². The van der Waals surface area contributed by atoms with Crippen LogP contribution in [0, 0.1) is 5.82 Å². The van der Waals surface area contributed by atoms with Crippen LogP contribution in [0.2, 0.25) is 0 Å². The molecule has 8 heteroatoms. The van der Waals surface area contributed by atoms with E-state index in [1.807, 2.05) is 6.92 Å². The van der Waals surface area contributed by atoms with Crippen LogP contribution in [0.4, 0.5) is 14.9 Å². The average Bonchev–Trinajstić information content (AvgIpc) is 3.07. The molecule has 6 nitrogen and oxygen atoms in total. The number of hydrogen-bond donors (Lipinski definition) is 0. The fourth-order valence-corrected chi connectivity index (χ4v) is 5.92. The zero-order valence-electron chi connectivity index (χ0n) is 15.4. The first-order valence-corrected chi connectivity index (χ1v) is 11.0. The molecule has 2 aliphatic heterocycles. The molecule has 0 saturated carbocycles. The topological polar surface area (TPSA) is 66.9 Å². The highest BCUT2D eigenvalue weighted by atomic mass is 32.2. The van der Waals surface area contributed by atoms with Gasteiger partial charge in [0.05, 0.1) is 30.2 Å². The predicted molar refractivity (Wildman–Crippen MR) is 104 cm³/mol. The van der Waals surface area contributed by atoms with E-state index in [-0.39, 0.29) is 29.9 Å². The number of rotatable bonds is 5. The summed E-state index contributed by atoms with van der Waals surface area (Å²) >= 11 is 0. The van der Waals surface area contributed by atoms with Crippen LogP contribution in [0.1, 0.15) is 12.5 Å². The lowest BCUT2D eigenvalue weighted by Crippen LogP contribution is -2.37. The number of benzene rings is 2. The number of hydrogen-bond acceptors (Lipinski definition) is 4. The number of sulfone groups is 1. The number of ether oxygens (including phenoxy) is 1. The van der Waals surface area contributed by atoms with E-state index < -0.39 is 21.9 Å². The van der Waals surface area contributed by atoms with E-state index >= 15 is 0 Å². The highest BCUT2D eigenvalue weighted by Crippen LogP contribution is 2.36. The van der Waals surface area contributed by atoms with E-state index in [1.165, 1.54) is 12.1 Å². The van der Waals surface area contributed by atoms with Gasteiger partial charge in [-0.05, 0) is 48.9 Å². The molecule has 2 amide bonds. The Labute approximate surface area is 163 Å². The summed E-state index contributed by atoms with van der Waals surface area (Å²) in [5.41, 5.74) is 1.26. The lowest BCUT2D eigenvalue weighted by molar-refractivity contribution is 0.205. The van der Waals surface area contributed by atoms with E-state index in [0.717, 1.165) is 0 Å². The number of nitrogens with zero attached hydrogens (tertiary/aromatic N) is 2. The first kappa shape index (κ1) is 18.7. The molecular formula is C20H21FN2O4S. The Bertz CT molecular complexity index is 994. The monoisotopic (exact) mass is 404 g/mol. The van der Waals surface area contributed by atoms with Gasteiger partial charge in [0.1, 0.15) is 11.6 Å². The maximum Gasteiger partial charge on any atom is 0.325 e. The molecular weight excluding hydrogens is 383 g/mol. The van der Waals surface area contributed by atoms with Crippen molar-refractivity contribution in [2.75, 3.05) is 23.0 Å². The summed E-state index contributed by atoms with van der Waals surface area (Å²) in [7, 11) is -3.25. The molecule has 2 fully saturated rings. The quantitative estimate of drug-likeness (QED) is 0.719. The molecule has 0 aliphatic carbocycles. The van der Waals surface area contributed by atoms with Crippen molar-refractivity contribution in [3.8, 4) is 5.75 Å². The fourth-order valence-electron chi connectivity index (χ4n) is 3.97. The minimum Gasteiger partial charge on any atom is -0.494 e. The van der Waals surface area contributed by atoms with Crippen molar-refractivity contribution in [2.24, 2.45) is 0 Å². The van der Waals surface area contributed by atoms with E-state index in [0.29, 0.717) is 23.6 Å². The average molecular weight is 404 g/mol. The van der Waals surface area contributed by atoms with Gasteiger partial charge in [0.15, 0.2) is 9.84 Å². The first-order valence-electron chi connectivity index (χ1n) is 9.15. The molecule has 2 heterocycles. The third-order valence-corrected chi connectivity index (χ3v) is 6.84. The van der Waals surface area contributed by atoms with Gasteiger partial charge in [0, 0.05) is 12.2 Å². The summed E-state index contributed by atoms with van der Waals surface area (Å²) < 4.78 is 43.5. The number of anilines is 1. The van der Waals surface area contributed by atoms with E-state index in [9.17, 15) is 17.6 Å². The van der Waals surface area contributed by atoms with Crippen LogP contribution in [0.5, 0.6) is 5.75 Å². The van der Waals surface area contributed by atoms with Crippen molar-refractivity contribution < 1.29 is 22.3 Å². The third kappa shape index (κ3) is 3.44. The van der Waals surface area contributed by atoms with Crippen LogP contribution in [0.15, 0.2) is 48.5 Å². The zero-order valence-corrected chi connectivity index (χ0v) is 16.2. The van der Waals surface area contributed by atoms with Crippen molar-refractivity contribution >= 4 is 21.6 Å². The number of fused-ring (bicyclic) bond motifs is 1. The Morgan fingerprint density at radius 3 is 2.50 bits per heavy atom. The maximum absolute atomic E-state index is 13.6. The molecule has 0 N–H and O–H groups in total. The summed E-state index contributed by atoms with van der Waals surface area (Å²) in [5, 5.41) is 0. The fraction of sp³-hybridized carbons (Fsp3) is 0.350. The highest BCUT2D eigenvalue weighted by Gasteiger charge is 2.53. The second-order valence-corrected chi connectivity index (χ2v) is 9.20. The molecule has 2 aromatic carbocycles. The number of carbonyl (C=O) groups excluding carboxylic acids is 1. The Morgan fingerprint density at radius 1 is 1.11 bits per heavy atom. The van der Waals surface area contributed by atoms with Crippen molar-refractivity contribution in [1.82, 2.24) is 4.90 Å². The Kier molecular flexibility index (Phi) is 4.74. The number of halogens is 1. The zero-order chi connectivity index (χ0) is 19.9. The molecule has 28 heavy (non-hydrogen) atoms. The van der Waals surface area contributed by atoms with Crippen molar-refractivity contribution in [3.63, 3.8) is 0 Å². The molecule has 2 aromatic rings. The Balaban J connectivity index is 1.66. The standard InChI is InChI=1S/C20H21FN2O4S/c1-2-27-17-8-6-16(7-9-17)23-19-13-28(25,26)12-18(19)22(20(23)24)11-14-4-3-5-15(21)10-14/h3-10,18-19H,2,11-13H2,1H3. The van der Waals surface area contributed by atoms with Gasteiger partial charge < -0.3 is 9.64 Å². The second-order valence-electron chi connectivity index (χ2n) is 7.05. The van der Waals surface area contributed by atoms with Crippen LogP contribution in [-0.2, 0) is 16.4 Å². The summed E-state index contributed by atoms with van der Waals surface area (Å²) in [6.07, 6.45) is 0. The van der Waals surface area contributed by atoms with Gasteiger partial charge >= 0.3 is 6.03 Å². The lowest BCUT2D eigenvalue weighted by atomic mass is 10.1. The SMILES string of the molecule is CCOc1ccc(N2C(=O)N(Cc3cccc(F)c3)C3CS(=O)(=O)CC32)cc1. The van der Waals surface area contributed by atoms with Gasteiger partial charge in [-0.15, -0.1) is 0 Å². The molecule has 2 aliphatic rings. The van der Waals surface area contributed by atoms with Crippen LogP contribution < -0.4 is 9.64 Å². The Morgan fingerprint density at radius 2 is 1.82 bits per heavy atom. The Hall–Kier alpha value is -2.61. The lowest BCUT2D eigenvalue weighted by Gasteiger charge is -2.23. The second kappa shape index (κ2) is 7.09. The van der Waals surface area contributed by atoms with Gasteiger partial charge in [-0.1, -0.05) is 12.1 Å². The van der Waals surface area contributed by atoms with Gasteiger partial charge in [-0.3, -0.25) is 4.90 Å². The van der Waals surface area contributed by atoms with Crippen LogP contribution in [0.25, 0.3) is 0 Å². The van der Waals surface area contributed by atoms with Gasteiger partial charge in [-0.2, -0.15) is 0 Å². The predicted octanol–water partition coefficient (Wildman–Crippen LogP) is 2.83. The summed E-state index contributed by atoms with van der Waals surface area (Å²) in [6, 6.07) is 11.9.